The first-order chi connectivity index (χ1) is 6.20. The SMILES string of the molecule is CC(C)(C)[O-].Nc1ccc(O)cc1F.[K+]. The molecule has 0 bridgehead atoms. The number of aromatic hydroxyl groups is 1. The van der Waals surface area contributed by atoms with Crippen molar-refractivity contribution >= 4 is 5.69 Å². The van der Waals surface area contributed by atoms with Crippen LogP contribution in [-0.4, -0.2) is 10.7 Å². The van der Waals surface area contributed by atoms with E-state index in [-0.39, 0.29) is 62.8 Å². The van der Waals surface area contributed by atoms with Gasteiger partial charge in [-0.15, -0.1) is 5.60 Å². The maximum atomic E-state index is 12.3. The van der Waals surface area contributed by atoms with E-state index in [0.717, 1.165) is 6.07 Å². The number of hydrogen-bond donors (Lipinski definition) is 2. The molecule has 5 heteroatoms. The van der Waals surface area contributed by atoms with E-state index in [2.05, 4.69) is 0 Å². The summed E-state index contributed by atoms with van der Waals surface area (Å²) in [4.78, 5) is 0. The molecule has 0 unspecified atom stereocenters. The number of benzene rings is 1. The minimum Gasteiger partial charge on any atom is -0.850 e. The van der Waals surface area contributed by atoms with Crippen molar-refractivity contribution in [1.29, 1.82) is 0 Å². The molecule has 0 spiro atoms. The molecule has 1 aromatic carbocycles. The minimum absolute atomic E-state index is 0. The van der Waals surface area contributed by atoms with Crippen molar-refractivity contribution in [3.8, 4) is 5.75 Å². The van der Waals surface area contributed by atoms with E-state index in [1.807, 2.05) is 0 Å². The molecule has 3 N–H and O–H groups in total. The van der Waals surface area contributed by atoms with Gasteiger partial charge in [0, 0.05) is 6.07 Å². The van der Waals surface area contributed by atoms with Crippen LogP contribution in [-0.2, 0) is 0 Å². The molecular formula is C10H15FKNO2. The number of hydrogen-bond acceptors (Lipinski definition) is 3. The van der Waals surface area contributed by atoms with Crippen molar-refractivity contribution in [3.05, 3.63) is 24.0 Å². The minimum atomic E-state index is -0.750. The zero-order chi connectivity index (χ0) is 11.4. The van der Waals surface area contributed by atoms with Gasteiger partial charge in [0.05, 0.1) is 5.69 Å². The molecule has 0 aliphatic rings. The molecule has 0 aliphatic heterocycles. The third kappa shape index (κ3) is 12.3. The second-order valence-electron chi connectivity index (χ2n) is 3.82. The summed E-state index contributed by atoms with van der Waals surface area (Å²) >= 11 is 0. The Morgan fingerprint density at radius 2 is 1.73 bits per heavy atom. The van der Waals surface area contributed by atoms with Crippen molar-refractivity contribution < 1.29 is 66.0 Å². The van der Waals surface area contributed by atoms with Crippen molar-refractivity contribution in [2.24, 2.45) is 0 Å². The predicted molar refractivity (Wildman–Crippen MR) is 52.2 cm³/mol. The summed E-state index contributed by atoms with van der Waals surface area (Å²) in [6.07, 6.45) is 0. The van der Waals surface area contributed by atoms with Crippen molar-refractivity contribution in [2.75, 3.05) is 5.73 Å². The van der Waals surface area contributed by atoms with Gasteiger partial charge in [-0.2, -0.15) is 0 Å². The Morgan fingerprint density at radius 1 is 1.33 bits per heavy atom. The molecule has 1 rings (SSSR count). The third-order valence-corrected chi connectivity index (χ3v) is 0.984. The van der Waals surface area contributed by atoms with Crippen LogP contribution in [0.5, 0.6) is 5.75 Å². The van der Waals surface area contributed by atoms with Gasteiger partial charge < -0.3 is 15.9 Å². The number of rotatable bonds is 0. The molecular weight excluding hydrogens is 224 g/mol. The average molecular weight is 239 g/mol. The molecule has 0 saturated heterocycles. The molecule has 0 fully saturated rings. The van der Waals surface area contributed by atoms with Crippen LogP contribution in [0.25, 0.3) is 0 Å². The van der Waals surface area contributed by atoms with Gasteiger partial charge in [-0.05, 0) is 12.1 Å². The van der Waals surface area contributed by atoms with Gasteiger partial charge in [-0.25, -0.2) is 4.39 Å². The summed E-state index contributed by atoms with van der Waals surface area (Å²) in [6, 6.07) is 3.61. The van der Waals surface area contributed by atoms with E-state index < -0.39 is 11.4 Å². The van der Waals surface area contributed by atoms with Gasteiger partial charge in [0.25, 0.3) is 0 Å². The van der Waals surface area contributed by atoms with Crippen LogP contribution in [0.1, 0.15) is 20.8 Å². The van der Waals surface area contributed by atoms with E-state index >= 15 is 0 Å². The smallest absolute Gasteiger partial charge is 0.850 e. The fourth-order valence-electron chi connectivity index (χ4n) is 0.516. The standard InChI is InChI=1S/C6H6FNO.C4H9O.K/c7-5-3-4(9)1-2-6(5)8;1-4(2,3)5;/h1-3,9H,8H2;1-3H3;/q;-1;+1. The number of phenolic OH excluding ortho intramolecular Hbond substituents is 1. The summed E-state index contributed by atoms with van der Waals surface area (Å²) in [6.45, 7) is 4.90. The molecule has 0 aliphatic carbocycles. The summed E-state index contributed by atoms with van der Waals surface area (Å²) < 4.78 is 12.3. The van der Waals surface area contributed by atoms with Crippen LogP contribution in [0.2, 0.25) is 0 Å². The fourth-order valence-corrected chi connectivity index (χ4v) is 0.516. The van der Waals surface area contributed by atoms with Crippen LogP contribution < -0.4 is 62.2 Å². The van der Waals surface area contributed by atoms with Crippen LogP contribution in [0.4, 0.5) is 10.1 Å². The monoisotopic (exact) mass is 239 g/mol. The van der Waals surface area contributed by atoms with E-state index in [4.69, 9.17) is 10.8 Å². The quantitative estimate of drug-likeness (QED) is 0.321. The van der Waals surface area contributed by atoms with Crippen LogP contribution in [0.15, 0.2) is 18.2 Å². The van der Waals surface area contributed by atoms with E-state index in [1.165, 1.54) is 12.1 Å². The maximum Gasteiger partial charge on any atom is 1.00 e. The first-order valence-corrected chi connectivity index (χ1v) is 4.14. The van der Waals surface area contributed by atoms with E-state index in [1.54, 1.807) is 20.8 Å². The van der Waals surface area contributed by atoms with Crippen LogP contribution >= 0.6 is 0 Å². The molecule has 1 aromatic rings. The Balaban J connectivity index is 0. The second-order valence-corrected chi connectivity index (χ2v) is 3.82. The number of nitrogens with two attached hydrogens (primary N) is 1. The molecule has 0 atom stereocenters. The Labute approximate surface area is 132 Å². The Bertz CT molecular complexity index is 294. The van der Waals surface area contributed by atoms with Crippen molar-refractivity contribution in [2.45, 2.75) is 26.4 Å². The summed E-state index contributed by atoms with van der Waals surface area (Å²) in [7, 11) is 0. The first kappa shape index (κ1) is 17.7. The number of halogens is 1. The molecule has 0 heterocycles. The molecule has 0 radical (unpaired) electrons. The third-order valence-electron chi connectivity index (χ3n) is 0.984. The second kappa shape index (κ2) is 7.59. The van der Waals surface area contributed by atoms with Crippen LogP contribution in [0.3, 0.4) is 0 Å². The van der Waals surface area contributed by atoms with Gasteiger partial charge in [-0.1, -0.05) is 20.8 Å². The van der Waals surface area contributed by atoms with Gasteiger partial charge in [0.2, 0.25) is 0 Å². The number of phenols is 1. The summed E-state index contributed by atoms with van der Waals surface area (Å²) in [5, 5.41) is 18.7. The zero-order valence-electron chi connectivity index (χ0n) is 9.54. The summed E-state index contributed by atoms with van der Waals surface area (Å²) in [5.74, 6) is -0.697. The van der Waals surface area contributed by atoms with Gasteiger partial charge >= 0.3 is 51.4 Å². The largest absolute Gasteiger partial charge is 1.00 e. The number of nitrogen functional groups attached to an aromatic ring is 1. The molecule has 15 heavy (non-hydrogen) atoms. The number of anilines is 1. The normalized spacial score (nSPS) is 9.67. The molecule has 0 aromatic heterocycles. The van der Waals surface area contributed by atoms with Crippen molar-refractivity contribution in [3.63, 3.8) is 0 Å². The van der Waals surface area contributed by atoms with Crippen LogP contribution in [0, 0.1) is 5.82 Å². The van der Waals surface area contributed by atoms with Gasteiger partial charge in [-0.3, -0.25) is 0 Å². The molecule has 0 amide bonds. The average Bonchev–Trinajstić information content (AvgIpc) is 1.94. The molecule has 3 nitrogen and oxygen atoms in total. The summed E-state index contributed by atoms with van der Waals surface area (Å²) in [5.41, 5.74) is 4.40. The van der Waals surface area contributed by atoms with E-state index in [0.29, 0.717) is 0 Å². The Morgan fingerprint density at radius 3 is 2.00 bits per heavy atom. The first-order valence-electron chi connectivity index (χ1n) is 4.14. The van der Waals surface area contributed by atoms with Gasteiger partial charge in [0.15, 0.2) is 0 Å². The maximum absolute atomic E-state index is 12.3. The van der Waals surface area contributed by atoms with E-state index in [9.17, 15) is 9.50 Å². The Kier molecular flexibility index (Phi) is 8.98. The van der Waals surface area contributed by atoms with Crippen molar-refractivity contribution in [1.82, 2.24) is 0 Å². The van der Waals surface area contributed by atoms with Gasteiger partial charge in [0.1, 0.15) is 11.6 Å². The fraction of sp³-hybridized carbons (Fsp3) is 0.400. The zero-order valence-corrected chi connectivity index (χ0v) is 12.7. The predicted octanol–water partition coefficient (Wildman–Crippen LogP) is -1.74. The molecule has 80 valence electrons. The Hall–Kier alpha value is 0.346. The molecule has 0 saturated carbocycles. The topological polar surface area (TPSA) is 69.3 Å².